The van der Waals surface area contributed by atoms with E-state index in [0.717, 1.165) is 17.7 Å². The molecule has 2 heterocycles. The minimum Gasteiger partial charge on any atom is -0.491 e. The summed E-state index contributed by atoms with van der Waals surface area (Å²) in [4.78, 5) is 29.1. The zero-order valence-electron chi connectivity index (χ0n) is 16.3. The Balaban J connectivity index is 1.66. The summed E-state index contributed by atoms with van der Waals surface area (Å²) in [6, 6.07) is 7.38. The first kappa shape index (κ1) is 20.0. The Bertz CT molecular complexity index is 861. The van der Waals surface area contributed by atoms with Gasteiger partial charge in [0.2, 0.25) is 5.91 Å². The summed E-state index contributed by atoms with van der Waals surface area (Å²) < 4.78 is 11.1. The van der Waals surface area contributed by atoms with Crippen LogP contribution in [0.15, 0.2) is 29.1 Å². The molecule has 1 amide bonds. The van der Waals surface area contributed by atoms with Crippen LogP contribution in [0, 0.1) is 0 Å². The summed E-state index contributed by atoms with van der Waals surface area (Å²) in [5.74, 6) is 1.10. The molecular weight excluding hydrogens is 360 g/mol. The van der Waals surface area contributed by atoms with E-state index in [1.54, 1.807) is 4.90 Å². The highest BCUT2D eigenvalue weighted by atomic mass is 16.5. The second-order valence-corrected chi connectivity index (χ2v) is 6.81. The highest BCUT2D eigenvalue weighted by molar-refractivity contribution is 5.76. The highest BCUT2D eigenvalue weighted by Gasteiger charge is 2.17. The first-order valence-corrected chi connectivity index (χ1v) is 9.65. The fourth-order valence-corrected chi connectivity index (χ4v) is 2.88. The topological polar surface area (TPSA) is 97.4 Å². The van der Waals surface area contributed by atoms with Crippen molar-refractivity contribution in [3.05, 3.63) is 40.3 Å². The van der Waals surface area contributed by atoms with Crippen LogP contribution in [0.3, 0.4) is 0 Å². The van der Waals surface area contributed by atoms with Gasteiger partial charge in [-0.05, 0) is 25.5 Å². The van der Waals surface area contributed by atoms with Gasteiger partial charge in [-0.2, -0.15) is 0 Å². The number of carbonyl (C=O) groups excluding carboxylic acids is 1. The number of aromatic nitrogens is 3. The molecule has 1 unspecified atom stereocenters. The van der Waals surface area contributed by atoms with Crippen molar-refractivity contribution in [3.63, 3.8) is 0 Å². The highest BCUT2D eigenvalue weighted by Crippen LogP contribution is 2.21. The average molecular weight is 386 g/mol. The molecule has 0 aliphatic carbocycles. The van der Waals surface area contributed by atoms with Gasteiger partial charge in [-0.15, -0.1) is 10.2 Å². The maximum Gasteiger partial charge on any atom is 0.273 e. The van der Waals surface area contributed by atoms with Crippen molar-refractivity contribution in [2.75, 3.05) is 26.3 Å². The molecule has 8 nitrogen and oxygen atoms in total. The summed E-state index contributed by atoms with van der Waals surface area (Å²) in [5.41, 5.74) is 0.659. The molecular formula is C20H26N4O4. The Morgan fingerprint density at radius 2 is 2.11 bits per heavy atom. The fraction of sp³-hybridized carbons (Fsp3) is 0.500. The van der Waals surface area contributed by atoms with E-state index in [4.69, 9.17) is 9.47 Å². The standard InChI is InChI=1S/C20H26N4O4/c1-3-14(2)28-16-6-4-5-15(13-16)19-21-20(26)17(22-23-19)7-8-18(25)24-9-11-27-12-10-24/h4-6,13-14H,3,7-12H2,1-2H3,(H,21,23,26). The average Bonchev–Trinajstić information content (AvgIpc) is 2.73. The van der Waals surface area contributed by atoms with Gasteiger partial charge >= 0.3 is 0 Å². The van der Waals surface area contributed by atoms with Crippen LogP contribution in [0.1, 0.15) is 32.4 Å². The summed E-state index contributed by atoms with van der Waals surface area (Å²) >= 11 is 0. The number of morpholine rings is 1. The van der Waals surface area contributed by atoms with Gasteiger partial charge in [-0.1, -0.05) is 19.1 Å². The molecule has 28 heavy (non-hydrogen) atoms. The Hall–Kier alpha value is -2.74. The molecule has 3 rings (SSSR count). The van der Waals surface area contributed by atoms with E-state index < -0.39 is 0 Å². The Kier molecular flexibility index (Phi) is 6.76. The van der Waals surface area contributed by atoms with Crippen LogP contribution in [0.25, 0.3) is 11.4 Å². The van der Waals surface area contributed by atoms with Crippen LogP contribution in [-0.2, 0) is 16.0 Å². The van der Waals surface area contributed by atoms with Gasteiger partial charge < -0.3 is 19.4 Å². The molecule has 2 aromatic rings. The monoisotopic (exact) mass is 386 g/mol. The number of aromatic amines is 1. The lowest BCUT2D eigenvalue weighted by Crippen LogP contribution is -2.41. The molecule has 1 aromatic carbocycles. The molecule has 1 N–H and O–H groups in total. The molecule has 0 bridgehead atoms. The van der Waals surface area contributed by atoms with Crippen LogP contribution < -0.4 is 10.3 Å². The van der Waals surface area contributed by atoms with Gasteiger partial charge in [0.15, 0.2) is 5.82 Å². The maximum absolute atomic E-state index is 12.4. The molecule has 1 saturated heterocycles. The molecule has 0 spiro atoms. The predicted molar refractivity (Wildman–Crippen MR) is 104 cm³/mol. The molecule has 0 radical (unpaired) electrons. The lowest BCUT2D eigenvalue weighted by Gasteiger charge is -2.26. The second kappa shape index (κ2) is 9.45. The molecule has 1 aliphatic rings. The lowest BCUT2D eigenvalue weighted by atomic mass is 10.2. The van der Waals surface area contributed by atoms with E-state index in [0.29, 0.717) is 32.1 Å². The van der Waals surface area contributed by atoms with Crippen molar-refractivity contribution in [3.8, 4) is 17.1 Å². The normalized spacial score (nSPS) is 15.3. The van der Waals surface area contributed by atoms with Crippen LogP contribution in [0.2, 0.25) is 0 Å². The van der Waals surface area contributed by atoms with Gasteiger partial charge in [0.25, 0.3) is 5.56 Å². The number of nitrogens with zero attached hydrogens (tertiary/aromatic N) is 3. The van der Waals surface area contributed by atoms with E-state index in [1.807, 2.05) is 31.2 Å². The van der Waals surface area contributed by atoms with Crippen molar-refractivity contribution < 1.29 is 14.3 Å². The Morgan fingerprint density at radius 1 is 1.32 bits per heavy atom. The summed E-state index contributed by atoms with van der Waals surface area (Å²) in [7, 11) is 0. The van der Waals surface area contributed by atoms with E-state index in [1.165, 1.54) is 0 Å². The quantitative estimate of drug-likeness (QED) is 0.779. The van der Waals surface area contributed by atoms with Gasteiger partial charge in [0.1, 0.15) is 11.4 Å². The largest absolute Gasteiger partial charge is 0.491 e. The minimum atomic E-state index is -0.326. The van der Waals surface area contributed by atoms with Crippen LogP contribution in [-0.4, -0.2) is 58.4 Å². The molecule has 1 atom stereocenters. The van der Waals surface area contributed by atoms with E-state index in [2.05, 4.69) is 22.1 Å². The zero-order chi connectivity index (χ0) is 19.9. The van der Waals surface area contributed by atoms with Crippen molar-refractivity contribution in [2.24, 2.45) is 0 Å². The van der Waals surface area contributed by atoms with Gasteiger partial charge in [0, 0.05) is 31.5 Å². The number of hydrogen-bond acceptors (Lipinski definition) is 6. The van der Waals surface area contributed by atoms with E-state index in [-0.39, 0.29) is 36.1 Å². The van der Waals surface area contributed by atoms with Crippen LogP contribution >= 0.6 is 0 Å². The molecule has 1 aliphatic heterocycles. The minimum absolute atomic E-state index is 0.00321. The summed E-state index contributed by atoms with van der Waals surface area (Å²) in [6.07, 6.45) is 1.50. The number of hydrogen-bond donors (Lipinski definition) is 1. The van der Waals surface area contributed by atoms with Gasteiger partial charge in [0.05, 0.1) is 19.3 Å². The third-order valence-electron chi connectivity index (χ3n) is 4.72. The number of benzene rings is 1. The van der Waals surface area contributed by atoms with Crippen molar-refractivity contribution in [1.82, 2.24) is 20.1 Å². The second-order valence-electron chi connectivity index (χ2n) is 6.81. The van der Waals surface area contributed by atoms with E-state index in [9.17, 15) is 9.59 Å². The number of rotatable bonds is 7. The Morgan fingerprint density at radius 3 is 2.82 bits per heavy atom. The lowest BCUT2D eigenvalue weighted by molar-refractivity contribution is -0.135. The SMILES string of the molecule is CCC(C)Oc1cccc(-c2nnc(CCC(=O)N3CCOCC3)c(=O)[nH]2)c1. The predicted octanol–water partition coefficient (Wildman–Crippen LogP) is 1.80. The third kappa shape index (κ3) is 5.16. The van der Waals surface area contributed by atoms with Gasteiger partial charge in [-0.25, -0.2) is 0 Å². The first-order chi connectivity index (χ1) is 13.6. The maximum atomic E-state index is 12.4. The number of H-pyrrole nitrogens is 1. The number of ether oxygens (including phenoxy) is 2. The third-order valence-corrected chi connectivity index (χ3v) is 4.72. The van der Waals surface area contributed by atoms with Crippen LogP contribution in [0.5, 0.6) is 5.75 Å². The Labute approximate surface area is 163 Å². The smallest absolute Gasteiger partial charge is 0.273 e. The summed E-state index contributed by atoms with van der Waals surface area (Å²) in [5, 5.41) is 8.18. The van der Waals surface area contributed by atoms with Crippen LogP contribution in [0.4, 0.5) is 0 Å². The first-order valence-electron chi connectivity index (χ1n) is 9.65. The summed E-state index contributed by atoms with van der Waals surface area (Å²) in [6.45, 7) is 6.35. The molecule has 1 aromatic heterocycles. The molecule has 0 saturated carbocycles. The molecule has 8 heteroatoms. The molecule has 150 valence electrons. The van der Waals surface area contributed by atoms with Crippen molar-refractivity contribution in [2.45, 2.75) is 39.2 Å². The van der Waals surface area contributed by atoms with Crippen molar-refractivity contribution in [1.29, 1.82) is 0 Å². The number of amides is 1. The molecule has 1 fully saturated rings. The number of aryl methyl sites for hydroxylation is 1. The van der Waals surface area contributed by atoms with Gasteiger partial charge in [-0.3, -0.25) is 9.59 Å². The number of carbonyl (C=O) groups is 1. The fourth-order valence-electron chi connectivity index (χ4n) is 2.88. The van der Waals surface area contributed by atoms with E-state index >= 15 is 0 Å². The van der Waals surface area contributed by atoms with Crippen molar-refractivity contribution >= 4 is 5.91 Å². The number of nitrogens with one attached hydrogen (secondary N) is 1. The zero-order valence-corrected chi connectivity index (χ0v) is 16.3.